The van der Waals surface area contributed by atoms with Crippen molar-refractivity contribution in [3.63, 3.8) is 0 Å². The van der Waals surface area contributed by atoms with Gasteiger partial charge in [0.1, 0.15) is 6.29 Å². The van der Waals surface area contributed by atoms with Crippen LogP contribution in [0.2, 0.25) is 0 Å². The maximum atomic E-state index is 10.6. The Morgan fingerprint density at radius 3 is 2.67 bits per heavy atom. The predicted molar refractivity (Wildman–Crippen MR) is 64.6 cm³/mol. The third-order valence-electron chi connectivity index (χ3n) is 2.57. The van der Waals surface area contributed by atoms with E-state index in [4.69, 9.17) is 0 Å². The molecule has 0 atom stereocenters. The van der Waals surface area contributed by atoms with Crippen LogP contribution >= 0.6 is 15.9 Å². The van der Waals surface area contributed by atoms with Crippen LogP contribution in [0, 0.1) is 0 Å². The van der Waals surface area contributed by atoms with Gasteiger partial charge in [0.2, 0.25) is 0 Å². The van der Waals surface area contributed by atoms with Crippen molar-refractivity contribution in [1.82, 2.24) is 5.32 Å². The molecule has 1 aliphatic rings. The molecule has 1 fully saturated rings. The molecule has 2 rings (SSSR count). The number of carbonyl (C=O) groups excluding carboxylic acids is 1. The minimum Gasteiger partial charge on any atom is -0.368 e. The highest BCUT2D eigenvalue weighted by atomic mass is 79.9. The van der Waals surface area contributed by atoms with Gasteiger partial charge >= 0.3 is 0 Å². The van der Waals surface area contributed by atoms with Gasteiger partial charge in [-0.15, -0.1) is 0 Å². The largest absolute Gasteiger partial charge is 0.368 e. The zero-order chi connectivity index (χ0) is 10.7. The monoisotopic (exact) mass is 268 g/mol. The van der Waals surface area contributed by atoms with Gasteiger partial charge in [-0.25, -0.2) is 0 Å². The van der Waals surface area contributed by atoms with Crippen LogP contribution in [-0.2, 0) is 0 Å². The first kappa shape index (κ1) is 10.6. The first-order chi connectivity index (χ1) is 7.31. The molecule has 1 N–H and O–H groups in total. The number of carbonyl (C=O) groups is 1. The molecule has 1 heterocycles. The van der Waals surface area contributed by atoms with Gasteiger partial charge in [0.05, 0.1) is 5.69 Å². The van der Waals surface area contributed by atoms with Gasteiger partial charge in [0, 0.05) is 36.2 Å². The molecule has 1 aromatic rings. The summed E-state index contributed by atoms with van der Waals surface area (Å²) in [6.07, 6.45) is 0.867. The average Bonchev–Trinajstić information content (AvgIpc) is 2.30. The molecule has 0 aromatic heterocycles. The van der Waals surface area contributed by atoms with Crippen molar-refractivity contribution in [2.24, 2.45) is 0 Å². The van der Waals surface area contributed by atoms with Crippen molar-refractivity contribution in [2.75, 3.05) is 31.1 Å². The number of rotatable bonds is 2. The van der Waals surface area contributed by atoms with Crippen molar-refractivity contribution >= 4 is 27.9 Å². The predicted octanol–water partition coefficient (Wildman–Crippen LogP) is 1.67. The van der Waals surface area contributed by atoms with Gasteiger partial charge in [-0.05, 0) is 34.1 Å². The zero-order valence-corrected chi connectivity index (χ0v) is 9.96. The smallest absolute Gasteiger partial charge is 0.150 e. The van der Waals surface area contributed by atoms with E-state index in [0.717, 1.165) is 36.9 Å². The van der Waals surface area contributed by atoms with Crippen LogP contribution in [-0.4, -0.2) is 32.5 Å². The Hall–Kier alpha value is -0.870. The molecular formula is C11H13BrN2O. The van der Waals surface area contributed by atoms with Gasteiger partial charge < -0.3 is 10.2 Å². The van der Waals surface area contributed by atoms with E-state index in [9.17, 15) is 4.79 Å². The second kappa shape index (κ2) is 4.77. The number of piperazine rings is 1. The minimum atomic E-state index is 0.709. The van der Waals surface area contributed by atoms with E-state index in [-0.39, 0.29) is 0 Å². The third kappa shape index (κ3) is 2.38. The Labute approximate surface area is 97.6 Å². The molecule has 1 aliphatic heterocycles. The van der Waals surface area contributed by atoms with Gasteiger partial charge in [-0.2, -0.15) is 0 Å². The molecule has 1 aromatic carbocycles. The van der Waals surface area contributed by atoms with E-state index < -0.39 is 0 Å². The number of aldehydes is 1. The van der Waals surface area contributed by atoms with Crippen LogP contribution in [0.25, 0.3) is 0 Å². The number of hydrogen-bond acceptors (Lipinski definition) is 3. The minimum absolute atomic E-state index is 0.709. The lowest BCUT2D eigenvalue weighted by molar-refractivity contribution is 0.112. The van der Waals surface area contributed by atoms with Gasteiger partial charge in [-0.1, -0.05) is 0 Å². The van der Waals surface area contributed by atoms with Crippen LogP contribution in [0.5, 0.6) is 0 Å². The fourth-order valence-electron chi connectivity index (χ4n) is 1.76. The molecule has 0 aliphatic carbocycles. The maximum Gasteiger partial charge on any atom is 0.150 e. The van der Waals surface area contributed by atoms with E-state index in [1.54, 1.807) is 0 Å². The van der Waals surface area contributed by atoms with E-state index in [1.807, 2.05) is 18.2 Å². The van der Waals surface area contributed by atoms with E-state index in [1.165, 1.54) is 5.69 Å². The summed E-state index contributed by atoms with van der Waals surface area (Å²) in [5.41, 5.74) is 1.88. The van der Waals surface area contributed by atoms with Crippen LogP contribution in [0.3, 0.4) is 0 Å². The first-order valence-electron chi connectivity index (χ1n) is 5.01. The summed E-state index contributed by atoms with van der Waals surface area (Å²) in [6, 6.07) is 5.72. The lowest BCUT2D eigenvalue weighted by Gasteiger charge is -2.30. The molecule has 80 valence electrons. The number of nitrogens with zero attached hydrogens (tertiary/aromatic N) is 1. The van der Waals surface area contributed by atoms with Gasteiger partial charge in [0.25, 0.3) is 0 Å². The van der Waals surface area contributed by atoms with Crippen molar-refractivity contribution in [3.05, 3.63) is 28.2 Å². The normalized spacial score (nSPS) is 16.5. The Balaban J connectivity index is 2.23. The first-order valence-corrected chi connectivity index (χ1v) is 5.81. The molecule has 15 heavy (non-hydrogen) atoms. The van der Waals surface area contributed by atoms with E-state index in [2.05, 4.69) is 26.1 Å². The number of hydrogen-bond donors (Lipinski definition) is 1. The SMILES string of the molecule is O=Cc1ccc(N2CCNCC2)c(Br)c1. The molecule has 1 saturated heterocycles. The highest BCUT2D eigenvalue weighted by molar-refractivity contribution is 9.10. The summed E-state index contributed by atoms with van der Waals surface area (Å²) >= 11 is 3.50. The lowest BCUT2D eigenvalue weighted by atomic mass is 10.2. The number of benzene rings is 1. The number of halogens is 1. The van der Waals surface area contributed by atoms with E-state index in [0.29, 0.717) is 5.56 Å². The number of anilines is 1. The molecular weight excluding hydrogens is 256 g/mol. The highest BCUT2D eigenvalue weighted by Gasteiger charge is 2.12. The summed E-state index contributed by atoms with van der Waals surface area (Å²) in [4.78, 5) is 12.9. The van der Waals surface area contributed by atoms with Gasteiger partial charge in [0.15, 0.2) is 0 Å². The summed E-state index contributed by atoms with van der Waals surface area (Å²) in [5.74, 6) is 0. The Morgan fingerprint density at radius 2 is 2.07 bits per heavy atom. The average molecular weight is 269 g/mol. The Kier molecular flexibility index (Phi) is 3.38. The molecule has 4 heteroatoms. The Morgan fingerprint density at radius 1 is 1.33 bits per heavy atom. The standard InChI is InChI=1S/C11H13BrN2O/c12-10-7-9(8-15)1-2-11(10)14-5-3-13-4-6-14/h1-2,7-8,13H,3-6H2. The second-order valence-corrected chi connectivity index (χ2v) is 4.42. The summed E-state index contributed by atoms with van der Waals surface area (Å²) in [7, 11) is 0. The molecule has 3 nitrogen and oxygen atoms in total. The fraction of sp³-hybridized carbons (Fsp3) is 0.364. The van der Waals surface area contributed by atoms with Gasteiger partial charge in [-0.3, -0.25) is 4.79 Å². The topological polar surface area (TPSA) is 32.3 Å². The summed E-state index contributed by atoms with van der Waals surface area (Å²) < 4.78 is 0.994. The third-order valence-corrected chi connectivity index (χ3v) is 3.20. The van der Waals surface area contributed by atoms with Crippen molar-refractivity contribution < 1.29 is 4.79 Å². The van der Waals surface area contributed by atoms with Crippen LogP contribution in [0.4, 0.5) is 5.69 Å². The molecule has 0 amide bonds. The molecule has 0 bridgehead atoms. The Bertz CT molecular complexity index is 362. The summed E-state index contributed by atoms with van der Waals surface area (Å²) in [6.45, 7) is 4.06. The quantitative estimate of drug-likeness (QED) is 0.829. The highest BCUT2D eigenvalue weighted by Crippen LogP contribution is 2.27. The molecule has 0 radical (unpaired) electrons. The number of nitrogens with one attached hydrogen (secondary N) is 1. The van der Waals surface area contributed by atoms with Crippen LogP contribution in [0.1, 0.15) is 10.4 Å². The van der Waals surface area contributed by atoms with Crippen molar-refractivity contribution in [2.45, 2.75) is 0 Å². The van der Waals surface area contributed by atoms with Crippen molar-refractivity contribution in [1.29, 1.82) is 0 Å². The summed E-state index contributed by atoms with van der Waals surface area (Å²) in [5, 5.41) is 3.31. The molecule has 0 saturated carbocycles. The molecule has 0 spiro atoms. The van der Waals surface area contributed by atoms with E-state index >= 15 is 0 Å². The van der Waals surface area contributed by atoms with Crippen LogP contribution in [0.15, 0.2) is 22.7 Å². The molecule has 0 unspecified atom stereocenters. The lowest BCUT2D eigenvalue weighted by Crippen LogP contribution is -2.43. The fourth-order valence-corrected chi connectivity index (χ4v) is 2.41. The van der Waals surface area contributed by atoms with Crippen LogP contribution < -0.4 is 10.2 Å². The zero-order valence-electron chi connectivity index (χ0n) is 8.37. The second-order valence-electron chi connectivity index (χ2n) is 3.57. The maximum absolute atomic E-state index is 10.6. The van der Waals surface area contributed by atoms with Crippen molar-refractivity contribution in [3.8, 4) is 0 Å².